The first-order chi connectivity index (χ1) is 14.2. The van der Waals surface area contributed by atoms with E-state index in [-0.39, 0.29) is 16.4 Å². The van der Waals surface area contributed by atoms with Crippen LogP contribution in [0.1, 0.15) is 21.7 Å². The van der Waals surface area contributed by atoms with E-state index in [1.807, 2.05) is 0 Å². The van der Waals surface area contributed by atoms with Gasteiger partial charge in [0.15, 0.2) is 0 Å². The first kappa shape index (κ1) is 21.5. The van der Waals surface area contributed by atoms with Crippen LogP contribution < -0.4 is 14.8 Å². The minimum absolute atomic E-state index is 0.00192. The monoisotopic (exact) mass is 446 g/mol. The normalized spacial score (nSPS) is 11.1. The van der Waals surface area contributed by atoms with Crippen molar-refractivity contribution in [3.8, 4) is 5.75 Å². The molecule has 156 valence electrons. The summed E-state index contributed by atoms with van der Waals surface area (Å²) in [6, 6.07) is 12.1. The number of hydrogen-bond donors (Lipinski definition) is 2. The lowest BCUT2D eigenvalue weighted by Crippen LogP contribution is -2.16. The minimum Gasteiger partial charge on any atom is -0.496 e. The van der Waals surface area contributed by atoms with Crippen molar-refractivity contribution >= 4 is 39.2 Å². The van der Waals surface area contributed by atoms with Crippen LogP contribution in [0, 0.1) is 13.8 Å². The Morgan fingerprint density at radius 2 is 1.63 bits per heavy atom. The third-order valence-corrected chi connectivity index (χ3v) is 5.62. The maximum absolute atomic E-state index is 12.6. The van der Waals surface area contributed by atoms with Gasteiger partial charge in [-0.15, -0.1) is 0 Å². The quantitative estimate of drug-likeness (QED) is 0.595. The van der Waals surface area contributed by atoms with E-state index in [1.165, 1.54) is 37.4 Å². The zero-order valence-corrected chi connectivity index (χ0v) is 18.0. The second kappa shape index (κ2) is 8.68. The Morgan fingerprint density at radius 1 is 1.00 bits per heavy atom. The van der Waals surface area contributed by atoms with Gasteiger partial charge >= 0.3 is 0 Å². The van der Waals surface area contributed by atoms with Gasteiger partial charge in [-0.05, 0) is 62.4 Å². The number of rotatable bonds is 6. The van der Waals surface area contributed by atoms with E-state index >= 15 is 0 Å². The molecule has 1 aromatic heterocycles. The molecule has 3 rings (SSSR count). The molecule has 0 spiro atoms. The SMILES string of the molecule is COc1ccc(Cl)cc1C(=O)Nc1ccc(S(=O)(=O)Nc2nc(C)cc(C)n2)cc1. The molecule has 1 amide bonds. The van der Waals surface area contributed by atoms with Crippen molar-refractivity contribution in [3.05, 3.63) is 70.5 Å². The fourth-order valence-corrected chi connectivity index (χ4v) is 3.84. The summed E-state index contributed by atoms with van der Waals surface area (Å²) in [4.78, 5) is 20.7. The zero-order chi connectivity index (χ0) is 21.9. The molecule has 1 heterocycles. The van der Waals surface area contributed by atoms with Gasteiger partial charge in [-0.25, -0.2) is 23.1 Å². The minimum atomic E-state index is -3.89. The lowest BCUT2D eigenvalue weighted by atomic mass is 10.2. The number of nitrogens with zero attached hydrogens (tertiary/aromatic N) is 2. The average molecular weight is 447 g/mol. The van der Waals surface area contributed by atoms with E-state index in [0.717, 1.165) is 0 Å². The number of halogens is 1. The third kappa shape index (κ3) is 5.05. The molecule has 3 aromatic rings. The molecule has 0 aliphatic rings. The molecule has 0 saturated heterocycles. The number of carbonyl (C=O) groups excluding carboxylic acids is 1. The van der Waals surface area contributed by atoms with Gasteiger partial charge in [-0.3, -0.25) is 4.79 Å². The van der Waals surface area contributed by atoms with Crippen molar-refractivity contribution in [3.63, 3.8) is 0 Å². The average Bonchev–Trinajstić information content (AvgIpc) is 2.67. The van der Waals surface area contributed by atoms with Gasteiger partial charge in [-0.2, -0.15) is 0 Å². The maximum atomic E-state index is 12.6. The number of benzene rings is 2. The molecule has 0 atom stereocenters. The molecular formula is C20H19ClN4O4S. The first-order valence-electron chi connectivity index (χ1n) is 8.78. The predicted molar refractivity (Wildman–Crippen MR) is 115 cm³/mol. The number of methoxy groups -OCH3 is 1. The molecular weight excluding hydrogens is 428 g/mol. The standard InChI is InChI=1S/C20H19ClN4O4S/c1-12-10-13(2)23-20(22-12)25-30(27,28)16-7-5-15(6-8-16)24-19(26)17-11-14(21)4-9-18(17)29-3/h4-11H,1-3H3,(H,24,26)(H,22,23,25). The van der Waals surface area contributed by atoms with Gasteiger partial charge in [0, 0.05) is 22.1 Å². The van der Waals surface area contributed by atoms with Gasteiger partial charge in [-0.1, -0.05) is 11.6 Å². The number of aryl methyl sites for hydroxylation is 2. The van der Waals surface area contributed by atoms with E-state index in [2.05, 4.69) is 20.0 Å². The number of nitrogens with one attached hydrogen (secondary N) is 2. The number of ether oxygens (including phenoxy) is 1. The molecule has 0 bridgehead atoms. The van der Waals surface area contributed by atoms with Crippen molar-refractivity contribution < 1.29 is 17.9 Å². The van der Waals surface area contributed by atoms with Crippen LogP contribution in [-0.2, 0) is 10.0 Å². The van der Waals surface area contributed by atoms with Crippen LogP contribution >= 0.6 is 11.6 Å². The molecule has 0 radical (unpaired) electrons. The lowest BCUT2D eigenvalue weighted by molar-refractivity contribution is 0.102. The zero-order valence-electron chi connectivity index (χ0n) is 16.4. The van der Waals surface area contributed by atoms with Crippen LogP contribution in [0.4, 0.5) is 11.6 Å². The molecule has 10 heteroatoms. The number of amides is 1. The molecule has 0 saturated carbocycles. The highest BCUT2D eigenvalue weighted by molar-refractivity contribution is 7.92. The van der Waals surface area contributed by atoms with Gasteiger partial charge in [0.05, 0.1) is 17.6 Å². The van der Waals surface area contributed by atoms with E-state index in [4.69, 9.17) is 16.3 Å². The third-order valence-electron chi connectivity index (χ3n) is 4.04. The van der Waals surface area contributed by atoms with Crippen molar-refractivity contribution in [1.82, 2.24) is 9.97 Å². The van der Waals surface area contributed by atoms with Gasteiger partial charge in [0.2, 0.25) is 5.95 Å². The Labute approximate surface area is 179 Å². The fraction of sp³-hybridized carbons (Fsp3) is 0.150. The molecule has 2 N–H and O–H groups in total. The topological polar surface area (TPSA) is 110 Å². The number of hydrogen-bond acceptors (Lipinski definition) is 6. The summed E-state index contributed by atoms with van der Waals surface area (Å²) in [5.74, 6) is -0.0709. The fourth-order valence-electron chi connectivity index (χ4n) is 2.72. The largest absolute Gasteiger partial charge is 0.496 e. The molecule has 0 fully saturated rings. The molecule has 0 unspecified atom stereocenters. The smallest absolute Gasteiger partial charge is 0.264 e. The van der Waals surface area contributed by atoms with Crippen LogP contribution in [0.25, 0.3) is 0 Å². The molecule has 0 aliphatic heterocycles. The Hall–Kier alpha value is -3.17. The van der Waals surface area contributed by atoms with Crippen molar-refractivity contribution in [2.75, 3.05) is 17.1 Å². The van der Waals surface area contributed by atoms with E-state index in [9.17, 15) is 13.2 Å². The van der Waals surface area contributed by atoms with Crippen LogP contribution in [0.2, 0.25) is 5.02 Å². The van der Waals surface area contributed by atoms with Gasteiger partial charge in [0.1, 0.15) is 5.75 Å². The summed E-state index contributed by atoms with van der Waals surface area (Å²) >= 11 is 5.96. The highest BCUT2D eigenvalue weighted by Gasteiger charge is 2.17. The predicted octanol–water partition coefficient (Wildman–Crippen LogP) is 3.81. The highest BCUT2D eigenvalue weighted by atomic mass is 35.5. The van der Waals surface area contributed by atoms with Crippen LogP contribution in [-0.4, -0.2) is 31.4 Å². The number of anilines is 2. The Kier molecular flexibility index (Phi) is 6.23. The van der Waals surface area contributed by atoms with Crippen LogP contribution in [0.5, 0.6) is 5.75 Å². The van der Waals surface area contributed by atoms with Crippen molar-refractivity contribution in [1.29, 1.82) is 0 Å². The highest BCUT2D eigenvalue weighted by Crippen LogP contribution is 2.24. The number of aromatic nitrogens is 2. The lowest BCUT2D eigenvalue weighted by Gasteiger charge is -2.11. The Bertz CT molecular complexity index is 1180. The van der Waals surface area contributed by atoms with Gasteiger partial charge < -0.3 is 10.1 Å². The second-order valence-electron chi connectivity index (χ2n) is 6.40. The first-order valence-corrected chi connectivity index (χ1v) is 10.6. The molecule has 30 heavy (non-hydrogen) atoms. The summed E-state index contributed by atoms with van der Waals surface area (Å²) in [7, 11) is -2.44. The summed E-state index contributed by atoms with van der Waals surface area (Å²) in [5.41, 5.74) is 1.96. The summed E-state index contributed by atoms with van der Waals surface area (Å²) < 4.78 is 32.7. The Balaban J connectivity index is 1.77. The molecule has 0 aliphatic carbocycles. The maximum Gasteiger partial charge on any atom is 0.264 e. The Morgan fingerprint density at radius 3 is 2.23 bits per heavy atom. The van der Waals surface area contributed by atoms with Crippen LogP contribution in [0.15, 0.2) is 53.4 Å². The van der Waals surface area contributed by atoms with Crippen molar-refractivity contribution in [2.45, 2.75) is 18.7 Å². The summed E-state index contributed by atoms with van der Waals surface area (Å²) in [6.45, 7) is 3.50. The van der Waals surface area contributed by atoms with Crippen molar-refractivity contribution in [2.24, 2.45) is 0 Å². The van der Waals surface area contributed by atoms with Crippen LogP contribution in [0.3, 0.4) is 0 Å². The number of sulfonamides is 1. The summed E-state index contributed by atoms with van der Waals surface area (Å²) in [5, 5.41) is 3.08. The van der Waals surface area contributed by atoms with E-state index < -0.39 is 15.9 Å². The molecule has 2 aromatic carbocycles. The van der Waals surface area contributed by atoms with E-state index in [1.54, 1.807) is 32.0 Å². The number of carbonyl (C=O) groups is 1. The van der Waals surface area contributed by atoms with Gasteiger partial charge in [0.25, 0.3) is 15.9 Å². The summed E-state index contributed by atoms with van der Waals surface area (Å²) in [6.07, 6.45) is 0. The van der Waals surface area contributed by atoms with E-state index in [0.29, 0.717) is 27.8 Å². The molecule has 8 nitrogen and oxygen atoms in total. The second-order valence-corrected chi connectivity index (χ2v) is 8.52.